The number of rotatable bonds is 3. The molecule has 6 heteroatoms. The van der Waals surface area contributed by atoms with Gasteiger partial charge in [0, 0.05) is 6.20 Å². The normalized spacial score (nSPS) is 13.5. The number of aromatic nitrogens is 1. The third-order valence-corrected chi connectivity index (χ3v) is 1.88. The van der Waals surface area contributed by atoms with Crippen LogP contribution in [-0.2, 0) is 4.79 Å². The molecule has 1 rings (SSSR count). The van der Waals surface area contributed by atoms with Gasteiger partial charge < -0.3 is 11.5 Å². The summed E-state index contributed by atoms with van der Waals surface area (Å²) >= 11 is 0. The Hall–Kier alpha value is -1.46. The van der Waals surface area contributed by atoms with Gasteiger partial charge in [-0.05, 0) is 19.1 Å². The molecule has 0 bridgehead atoms. The van der Waals surface area contributed by atoms with Crippen LogP contribution in [0.15, 0.2) is 24.4 Å². The van der Waals surface area contributed by atoms with E-state index in [1.54, 1.807) is 12.1 Å². The molecule has 0 fully saturated rings. The van der Waals surface area contributed by atoms with Crippen molar-refractivity contribution in [2.24, 2.45) is 11.5 Å². The fraction of sp³-hybridized carbons (Fsp3) is 0.222. The minimum absolute atomic E-state index is 0. The van der Waals surface area contributed by atoms with Gasteiger partial charge in [0.05, 0.1) is 0 Å². The van der Waals surface area contributed by atoms with Crippen molar-refractivity contribution in [3.8, 4) is 0 Å². The van der Waals surface area contributed by atoms with Crippen LogP contribution in [0.4, 0.5) is 0 Å². The Bertz CT molecular complexity index is 365. The second-order valence-electron chi connectivity index (χ2n) is 3.11. The van der Waals surface area contributed by atoms with Crippen LogP contribution in [0.1, 0.15) is 17.4 Å². The Morgan fingerprint density at radius 1 is 1.40 bits per heavy atom. The second kappa shape index (κ2) is 4.86. The van der Waals surface area contributed by atoms with Crippen molar-refractivity contribution in [1.82, 2.24) is 4.98 Å². The highest BCUT2D eigenvalue weighted by Gasteiger charge is 2.36. The van der Waals surface area contributed by atoms with Crippen LogP contribution in [0, 0.1) is 0 Å². The molecule has 15 heavy (non-hydrogen) atoms. The van der Waals surface area contributed by atoms with Crippen molar-refractivity contribution < 1.29 is 9.59 Å². The summed E-state index contributed by atoms with van der Waals surface area (Å²) in [6, 6.07) is 4.78. The lowest BCUT2D eigenvalue weighted by atomic mass is 9.94. The highest BCUT2D eigenvalue weighted by atomic mass is 35.5. The summed E-state index contributed by atoms with van der Waals surface area (Å²) in [5.74, 6) is -1.45. The first kappa shape index (κ1) is 13.5. The van der Waals surface area contributed by atoms with Crippen LogP contribution in [-0.4, -0.2) is 22.2 Å². The molecule has 1 aromatic rings. The third kappa shape index (κ3) is 2.74. The smallest absolute Gasteiger partial charge is 0.245 e. The van der Waals surface area contributed by atoms with E-state index in [2.05, 4.69) is 4.98 Å². The molecule has 0 aliphatic carbocycles. The number of ketones is 1. The van der Waals surface area contributed by atoms with Crippen LogP contribution in [0.3, 0.4) is 0 Å². The van der Waals surface area contributed by atoms with E-state index in [-0.39, 0.29) is 18.1 Å². The predicted molar refractivity (Wildman–Crippen MR) is 57.6 cm³/mol. The number of Topliss-reactive ketones (excluding diaryl/α,β-unsaturated/α-hetero) is 1. The Kier molecular flexibility index (Phi) is 4.39. The lowest BCUT2D eigenvalue weighted by Gasteiger charge is -2.17. The number of halogens is 1. The van der Waals surface area contributed by atoms with Crippen molar-refractivity contribution in [2.75, 3.05) is 0 Å². The summed E-state index contributed by atoms with van der Waals surface area (Å²) in [6.45, 7) is 1.27. The number of pyridine rings is 1. The van der Waals surface area contributed by atoms with E-state index in [9.17, 15) is 9.59 Å². The quantitative estimate of drug-likeness (QED) is 0.558. The first-order valence-electron chi connectivity index (χ1n) is 4.01. The fourth-order valence-electron chi connectivity index (χ4n) is 0.875. The summed E-state index contributed by atoms with van der Waals surface area (Å²) < 4.78 is 0. The zero-order chi connectivity index (χ0) is 10.8. The number of amides is 1. The van der Waals surface area contributed by atoms with Gasteiger partial charge in [-0.15, -0.1) is 12.4 Å². The summed E-state index contributed by atoms with van der Waals surface area (Å²) in [5, 5.41) is 0. The summed E-state index contributed by atoms with van der Waals surface area (Å²) in [7, 11) is 0. The van der Waals surface area contributed by atoms with Crippen molar-refractivity contribution in [3.63, 3.8) is 0 Å². The first-order chi connectivity index (χ1) is 6.46. The van der Waals surface area contributed by atoms with Gasteiger partial charge in [0.2, 0.25) is 11.7 Å². The van der Waals surface area contributed by atoms with Gasteiger partial charge in [0.25, 0.3) is 0 Å². The van der Waals surface area contributed by atoms with E-state index in [4.69, 9.17) is 11.5 Å². The van der Waals surface area contributed by atoms with Gasteiger partial charge >= 0.3 is 0 Å². The Labute approximate surface area is 93.3 Å². The van der Waals surface area contributed by atoms with E-state index < -0.39 is 17.2 Å². The molecule has 0 aromatic carbocycles. The molecule has 1 atom stereocenters. The van der Waals surface area contributed by atoms with E-state index in [1.165, 1.54) is 19.2 Å². The minimum atomic E-state index is -1.70. The molecule has 0 aliphatic rings. The number of nitrogens with two attached hydrogens (primary N) is 2. The van der Waals surface area contributed by atoms with Gasteiger partial charge in [-0.25, -0.2) is 0 Å². The zero-order valence-corrected chi connectivity index (χ0v) is 8.95. The minimum Gasteiger partial charge on any atom is -0.368 e. The van der Waals surface area contributed by atoms with Crippen molar-refractivity contribution in [3.05, 3.63) is 30.1 Å². The lowest BCUT2D eigenvalue weighted by Crippen LogP contribution is -2.55. The SMILES string of the molecule is C[C@](N)(C(N)=O)C(=O)c1ccccn1.Cl. The van der Waals surface area contributed by atoms with Crippen molar-refractivity contribution in [1.29, 1.82) is 0 Å². The average molecular weight is 230 g/mol. The Morgan fingerprint density at radius 3 is 2.40 bits per heavy atom. The van der Waals surface area contributed by atoms with Gasteiger partial charge in [-0.2, -0.15) is 0 Å². The molecule has 5 nitrogen and oxygen atoms in total. The van der Waals surface area contributed by atoms with Crippen LogP contribution < -0.4 is 11.5 Å². The fourth-order valence-corrected chi connectivity index (χ4v) is 0.875. The molecule has 82 valence electrons. The summed E-state index contributed by atoms with van der Waals surface area (Å²) in [6.07, 6.45) is 1.45. The molecule has 4 N–H and O–H groups in total. The topological polar surface area (TPSA) is 99.1 Å². The molecular formula is C9H12ClN3O2. The monoisotopic (exact) mass is 229 g/mol. The first-order valence-corrected chi connectivity index (χ1v) is 4.01. The molecule has 1 heterocycles. The highest BCUT2D eigenvalue weighted by Crippen LogP contribution is 2.07. The van der Waals surface area contributed by atoms with Crippen LogP contribution in [0.5, 0.6) is 0 Å². The van der Waals surface area contributed by atoms with E-state index >= 15 is 0 Å². The molecule has 0 saturated carbocycles. The van der Waals surface area contributed by atoms with Gasteiger partial charge in [0.1, 0.15) is 5.69 Å². The average Bonchev–Trinajstić information content (AvgIpc) is 2.17. The molecule has 1 aromatic heterocycles. The van der Waals surface area contributed by atoms with Gasteiger partial charge in [0.15, 0.2) is 5.54 Å². The van der Waals surface area contributed by atoms with E-state index in [0.29, 0.717) is 0 Å². The van der Waals surface area contributed by atoms with Crippen LogP contribution in [0.2, 0.25) is 0 Å². The largest absolute Gasteiger partial charge is 0.368 e. The maximum absolute atomic E-state index is 11.6. The maximum atomic E-state index is 11.6. The third-order valence-electron chi connectivity index (χ3n) is 1.88. The molecule has 0 radical (unpaired) electrons. The van der Waals surface area contributed by atoms with E-state index in [0.717, 1.165) is 0 Å². The van der Waals surface area contributed by atoms with Gasteiger partial charge in [-0.3, -0.25) is 14.6 Å². The molecular weight excluding hydrogens is 218 g/mol. The van der Waals surface area contributed by atoms with Crippen LogP contribution in [0.25, 0.3) is 0 Å². The van der Waals surface area contributed by atoms with Crippen molar-refractivity contribution >= 4 is 24.1 Å². The van der Waals surface area contributed by atoms with Crippen molar-refractivity contribution in [2.45, 2.75) is 12.5 Å². The molecule has 0 unspecified atom stereocenters. The van der Waals surface area contributed by atoms with Crippen LogP contribution >= 0.6 is 12.4 Å². The van der Waals surface area contributed by atoms with E-state index in [1.807, 2.05) is 0 Å². The standard InChI is InChI=1S/C9H11N3O2.ClH/c1-9(11,8(10)14)7(13)6-4-2-3-5-12-6;/h2-5H,11H2,1H3,(H2,10,14);1H/t9-;/m1./s1. The lowest BCUT2D eigenvalue weighted by molar-refractivity contribution is -0.121. The Morgan fingerprint density at radius 2 is 2.00 bits per heavy atom. The molecule has 1 amide bonds. The summed E-state index contributed by atoms with van der Waals surface area (Å²) in [5.41, 5.74) is 8.90. The number of nitrogens with zero attached hydrogens (tertiary/aromatic N) is 1. The highest BCUT2D eigenvalue weighted by molar-refractivity contribution is 6.16. The maximum Gasteiger partial charge on any atom is 0.245 e. The zero-order valence-electron chi connectivity index (χ0n) is 8.14. The number of carbonyl (C=O) groups excluding carboxylic acids is 2. The molecule has 0 aliphatic heterocycles. The number of primary amides is 1. The summed E-state index contributed by atoms with van der Waals surface area (Å²) in [4.78, 5) is 26.3. The number of carbonyl (C=O) groups is 2. The Balaban J connectivity index is 0.00000196. The molecule has 0 spiro atoms. The molecule has 0 saturated heterocycles. The van der Waals surface area contributed by atoms with Gasteiger partial charge in [-0.1, -0.05) is 6.07 Å². The number of hydrogen-bond acceptors (Lipinski definition) is 4. The second-order valence-corrected chi connectivity index (χ2v) is 3.11. The predicted octanol–water partition coefficient (Wildman–Crippen LogP) is -0.111. The number of hydrogen-bond donors (Lipinski definition) is 2.